The number of benzene rings is 2. The van der Waals surface area contributed by atoms with Gasteiger partial charge in [-0.05, 0) is 42.8 Å². The molecule has 0 aromatic heterocycles. The monoisotopic (exact) mass is 351 g/mol. The molecular weight excluding hydrogens is 333 g/mol. The summed E-state index contributed by atoms with van der Waals surface area (Å²) < 4.78 is 20.0. The van der Waals surface area contributed by atoms with Crippen LogP contribution in [-0.4, -0.2) is 20.2 Å². The van der Waals surface area contributed by atoms with Crippen LogP contribution in [0.4, 0.5) is 4.39 Å². The fraction of sp³-hybridized carbons (Fsp3) is 0.294. The Labute approximate surface area is 133 Å². The van der Waals surface area contributed by atoms with Gasteiger partial charge in [0.1, 0.15) is 5.82 Å². The molecule has 21 heavy (non-hydrogen) atoms. The van der Waals surface area contributed by atoms with Gasteiger partial charge < -0.3 is 10.1 Å². The van der Waals surface area contributed by atoms with Crippen LogP contribution >= 0.6 is 15.9 Å². The summed E-state index contributed by atoms with van der Waals surface area (Å²) in [4.78, 5) is 0. The first-order valence-corrected chi connectivity index (χ1v) is 7.64. The molecule has 0 spiro atoms. The van der Waals surface area contributed by atoms with Crippen molar-refractivity contribution in [2.24, 2.45) is 0 Å². The average molecular weight is 352 g/mol. The summed E-state index contributed by atoms with van der Waals surface area (Å²) in [6.07, 6.45) is 0.578. The smallest absolute Gasteiger partial charge is 0.123 e. The van der Waals surface area contributed by atoms with Crippen molar-refractivity contribution in [2.75, 3.05) is 14.2 Å². The van der Waals surface area contributed by atoms with Gasteiger partial charge in [0.25, 0.3) is 0 Å². The average Bonchev–Trinajstić information content (AvgIpc) is 2.51. The molecule has 2 nitrogen and oxygen atoms in total. The number of ether oxygens (including phenoxy) is 1. The van der Waals surface area contributed by atoms with Crippen molar-refractivity contribution in [3.63, 3.8) is 0 Å². The summed E-state index contributed by atoms with van der Waals surface area (Å²) in [7, 11) is 3.59. The van der Waals surface area contributed by atoms with E-state index in [-0.39, 0.29) is 18.0 Å². The third-order valence-electron chi connectivity index (χ3n) is 3.57. The van der Waals surface area contributed by atoms with Gasteiger partial charge in [0.2, 0.25) is 0 Å². The molecule has 2 rings (SSSR count). The quantitative estimate of drug-likeness (QED) is 0.845. The van der Waals surface area contributed by atoms with Gasteiger partial charge in [0, 0.05) is 17.6 Å². The third kappa shape index (κ3) is 4.13. The Kier molecular flexibility index (Phi) is 5.91. The Balaban J connectivity index is 2.24. The summed E-state index contributed by atoms with van der Waals surface area (Å²) in [5.74, 6) is -0.225. The Hall–Kier alpha value is -1.23. The molecule has 0 aliphatic heterocycles. The number of likely N-dealkylation sites (N-methyl/N-ethyl adjacent to an activating group) is 1. The molecule has 0 bridgehead atoms. The third-order valence-corrected chi connectivity index (χ3v) is 4.34. The summed E-state index contributed by atoms with van der Waals surface area (Å²) in [6, 6.07) is 14.8. The predicted octanol–water partition coefficient (Wildman–Crippen LogP) is 4.11. The standard InChI is InChI=1S/C17H19BrFNO/c1-20-16(11-13-10-14(19)8-9-15(13)18)17(21-2)12-6-4-3-5-7-12/h3-10,16-17,20H,11H2,1-2H3. The summed E-state index contributed by atoms with van der Waals surface area (Å²) in [6.45, 7) is 0. The highest BCUT2D eigenvalue weighted by atomic mass is 79.9. The molecule has 112 valence electrons. The molecule has 0 saturated carbocycles. The van der Waals surface area contributed by atoms with Gasteiger partial charge in [0.15, 0.2) is 0 Å². The molecule has 4 heteroatoms. The van der Waals surface area contributed by atoms with Crippen LogP contribution < -0.4 is 5.32 Å². The number of nitrogens with one attached hydrogen (secondary N) is 1. The zero-order valence-electron chi connectivity index (χ0n) is 12.1. The fourth-order valence-electron chi connectivity index (χ4n) is 2.47. The van der Waals surface area contributed by atoms with Crippen molar-refractivity contribution in [1.82, 2.24) is 5.32 Å². The molecular formula is C17H19BrFNO. The lowest BCUT2D eigenvalue weighted by atomic mass is 9.96. The second kappa shape index (κ2) is 7.69. The SMILES string of the molecule is CNC(Cc1cc(F)ccc1Br)C(OC)c1ccccc1. The highest BCUT2D eigenvalue weighted by molar-refractivity contribution is 9.10. The molecule has 0 amide bonds. The molecule has 0 fully saturated rings. The lowest BCUT2D eigenvalue weighted by molar-refractivity contribution is 0.0703. The maximum Gasteiger partial charge on any atom is 0.123 e. The maximum atomic E-state index is 13.4. The Morgan fingerprint density at radius 3 is 2.52 bits per heavy atom. The highest BCUT2D eigenvalue weighted by Crippen LogP contribution is 2.26. The summed E-state index contributed by atoms with van der Waals surface area (Å²) in [5, 5.41) is 3.28. The largest absolute Gasteiger partial charge is 0.375 e. The normalized spacial score (nSPS) is 13.9. The number of methoxy groups -OCH3 is 1. The topological polar surface area (TPSA) is 21.3 Å². The molecule has 0 aliphatic rings. The van der Waals surface area contributed by atoms with E-state index in [0.717, 1.165) is 15.6 Å². The Morgan fingerprint density at radius 2 is 1.90 bits per heavy atom. The first-order chi connectivity index (χ1) is 10.2. The van der Waals surface area contributed by atoms with Crippen LogP contribution in [0.5, 0.6) is 0 Å². The molecule has 1 N–H and O–H groups in total. The Morgan fingerprint density at radius 1 is 1.19 bits per heavy atom. The molecule has 2 aromatic carbocycles. The van der Waals surface area contributed by atoms with Gasteiger partial charge in [-0.2, -0.15) is 0 Å². The fourth-order valence-corrected chi connectivity index (χ4v) is 2.88. The second-order valence-corrected chi connectivity index (χ2v) is 5.76. The van der Waals surface area contributed by atoms with Crippen LogP contribution in [0, 0.1) is 5.82 Å². The van der Waals surface area contributed by atoms with Gasteiger partial charge in [0.05, 0.1) is 6.10 Å². The van der Waals surface area contributed by atoms with Gasteiger partial charge in [-0.25, -0.2) is 4.39 Å². The zero-order chi connectivity index (χ0) is 15.2. The van der Waals surface area contributed by atoms with E-state index in [9.17, 15) is 4.39 Å². The molecule has 2 unspecified atom stereocenters. The molecule has 2 aromatic rings. The van der Waals surface area contributed by atoms with Gasteiger partial charge in [-0.15, -0.1) is 0 Å². The summed E-state index contributed by atoms with van der Waals surface area (Å²) >= 11 is 3.48. The first kappa shape index (κ1) is 16.1. The van der Waals surface area contributed by atoms with Crippen molar-refractivity contribution < 1.29 is 9.13 Å². The van der Waals surface area contributed by atoms with Crippen LogP contribution in [0.25, 0.3) is 0 Å². The molecule has 2 atom stereocenters. The van der Waals surface area contributed by atoms with E-state index in [0.29, 0.717) is 6.42 Å². The minimum absolute atomic E-state index is 0.0514. The van der Waals surface area contributed by atoms with E-state index in [4.69, 9.17) is 4.74 Å². The van der Waals surface area contributed by atoms with Crippen molar-refractivity contribution >= 4 is 15.9 Å². The minimum Gasteiger partial charge on any atom is -0.375 e. The van der Waals surface area contributed by atoms with Crippen LogP contribution in [0.1, 0.15) is 17.2 Å². The van der Waals surface area contributed by atoms with E-state index in [1.807, 2.05) is 37.4 Å². The van der Waals surface area contributed by atoms with E-state index >= 15 is 0 Å². The first-order valence-electron chi connectivity index (χ1n) is 6.84. The molecule has 0 radical (unpaired) electrons. The van der Waals surface area contributed by atoms with E-state index in [1.165, 1.54) is 6.07 Å². The predicted molar refractivity (Wildman–Crippen MR) is 86.8 cm³/mol. The molecule has 0 heterocycles. The van der Waals surface area contributed by atoms with Crippen LogP contribution in [0.3, 0.4) is 0 Å². The van der Waals surface area contributed by atoms with Crippen molar-refractivity contribution in [2.45, 2.75) is 18.6 Å². The van der Waals surface area contributed by atoms with Crippen LogP contribution in [0.2, 0.25) is 0 Å². The molecule has 0 aliphatic carbocycles. The number of halogens is 2. The molecule has 0 saturated heterocycles. The van der Waals surface area contributed by atoms with Gasteiger partial charge >= 0.3 is 0 Å². The number of rotatable bonds is 6. The summed E-state index contributed by atoms with van der Waals surface area (Å²) in [5.41, 5.74) is 2.03. The van der Waals surface area contributed by atoms with Crippen LogP contribution in [-0.2, 0) is 11.2 Å². The second-order valence-electron chi connectivity index (χ2n) is 4.90. The van der Waals surface area contributed by atoms with Gasteiger partial charge in [-0.3, -0.25) is 0 Å². The van der Waals surface area contributed by atoms with E-state index in [2.05, 4.69) is 21.2 Å². The lowest BCUT2D eigenvalue weighted by Gasteiger charge is -2.26. The van der Waals surface area contributed by atoms with Gasteiger partial charge in [-0.1, -0.05) is 46.3 Å². The Bertz CT molecular complexity index is 576. The number of hydrogen-bond acceptors (Lipinski definition) is 2. The lowest BCUT2D eigenvalue weighted by Crippen LogP contribution is -2.35. The number of hydrogen-bond donors (Lipinski definition) is 1. The zero-order valence-corrected chi connectivity index (χ0v) is 13.7. The maximum absolute atomic E-state index is 13.4. The van der Waals surface area contributed by atoms with Crippen molar-refractivity contribution in [3.05, 3.63) is 69.9 Å². The van der Waals surface area contributed by atoms with E-state index < -0.39 is 0 Å². The van der Waals surface area contributed by atoms with Crippen molar-refractivity contribution in [1.29, 1.82) is 0 Å². The minimum atomic E-state index is -0.225. The van der Waals surface area contributed by atoms with Crippen LogP contribution in [0.15, 0.2) is 53.0 Å². The van der Waals surface area contributed by atoms with E-state index in [1.54, 1.807) is 19.2 Å². The highest BCUT2D eigenvalue weighted by Gasteiger charge is 2.22. The van der Waals surface area contributed by atoms with Crippen molar-refractivity contribution in [3.8, 4) is 0 Å².